The molecule has 21 heavy (non-hydrogen) atoms. The van der Waals surface area contributed by atoms with E-state index in [0.717, 1.165) is 28.8 Å². The Hall–Kier alpha value is -0.770. The summed E-state index contributed by atoms with van der Waals surface area (Å²) < 4.78 is 5.54. The number of methoxy groups -OCH3 is 1. The van der Waals surface area contributed by atoms with Crippen molar-refractivity contribution < 1.29 is 4.74 Å². The van der Waals surface area contributed by atoms with Crippen LogP contribution in [0.2, 0.25) is 5.02 Å². The number of benzene rings is 1. The van der Waals surface area contributed by atoms with Crippen LogP contribution in [0.25, 0.3) is 0 Å². The van der Waals surface area contributed by atoms with Gasteiger partial charge in [0.25, 0.3) is 0 Å². The highest BCUT2D eigenvalue weighted by Gasteiger charge is 2.40. The molecule has 3 atom stereocenters. The molecule has 2 fully saturated rings. The van der Waals surface area contributed by atoms with E-state index in [1.807, 2.05) is 18.2 Å². The van der Waals surface area contributed by atoms with E-state index in [-0.39, 0.29) is 6.04 Å². The van der Waals surface area contributed by atoms with E-state index in [9.17, 15) is 0 Å². The minimum atomic E-state index is 0.168. The van der Waals surface area contributed by atoms with Crippen LogP contribution in [-0.4, -0.2) is 31.1 Å². The fourth-order valence-electron chi connectivity index (χ4n) is 4.27. The van der Waals surface area contributed by atoms with E-state index in [4.69, 9.17) is 22.1 Å². The van der Waals surface area contributed by atoms with Crippen molar-refractivity contribution in [2.75, 3.05) is 20.2 Å². The summed E-state index contributed by atoms with van der Waals surface area (Å²) in [5.74, 6) is 1.71. The fourth-order valence-corrected chi connectivity index (χ4v) is 4.56. The second-order valence-electron chi connectivity index (χ2n) is 6.25. The van der Waals surface area contributed by atoms with Crippen LogP contribution in [0.4, 0.5) is 0 Å². The summed E-state index contributed by atoms with van der Waals surface area (Å²) in [6.07, 6.45) is 6.70. The minimum absolute atomic E-state index is 0.168. The third-order valence-electron chi connectivity index (χ3n) is 5.24. The molecule has 0 bridgehead atoms. The lowest BCUT2D eigenvalue weighted by Gasteiger charge is -2.37. The van der Waals surface area contributed by atoms with Crippen molar-refractivity contribution in [3.8, 4) is 5.75 Å². The summed E-state index contributed by atoms with van der Waals surface area (Å²) in [5, 5.41) is 0.768. The van der Waals surface area contributed by atoms with Crippen LogP contribution in [0, 0.1) is 5.92 Å². The number of fused-ring (bicyclic) bond motifs is 1. The van der Waals surface area contributed by atoms with Crippen LogP contribution < -0.4 is 10.5 Å². The van der Waals surface area contributed by atoms with Gasteiger partial charge in [0.15, 0.2) is 0 Å². The van der Waals surface area contributed by atoms with Crippen molar-refractivity contribution in [3.63, 3.8) is 0 Å². The average molecular weight is 309 g/mol. The average Bonchev–Trinajstić information content (AvgIpc) is 2.94. The van der Waals surface area contributed by atoms with Crippen LogP contribution in [0.15, 0.2) is 18.2 Å². The van der Waals surface area contributed by atoms with Crippen molar-refractivity contribution in [3.05, 3.63) is 28.8 Å². The number of rotatable bonds is 4. The largest absolute Gasteiger partial charge is 0.496 e. The lowest BCUT2D eigenvalue weighted by Crippen LogP contribution is -2.40. The maximum atomic E-state index is 6.47. The molecule has 1 saturated carbocycles. The van der Waals surface area contributed by atoms with Gasteiger partial charge in [0.2, 0.25) is 0 Å². The predicted octanol–water partition coefficient (Wildman–Crippen LogP) is 3.61. The summed E-state index contributed by atoms with van der Waals surface area (Å²) in [7, 11) is 1.70. The van der Waals surface area contributed by atoms with Gasteiger partial charge in [-0.2, -0.15) is 0 Å². The first-order valence-corrected chi connectivity index (χ1v) is 8.42. The molecule has 116 valence electrons. The molecule has 2 N–H and O–H groups in total. The number of nitrogens with two attached hydrogens (primary N) is 1. The standard InChI is InChI=1S/C17H25ClN2O/c1-21-16-8-4-6-13(18)17(16)15(11-19)20-10-9-12-5-2-3-7-14(12)20/h4,6,8,12,14-15H,2-3,5,7,9-11,19H2,1H3. The Morgan fingerprint density at radius 2 is 2.14 bits per heavy atom. The van der Waals surface area contributed by atoms with E-state index in [1.165, 1.54) is 32.1 Å². The topological polar surface area (TPSA) is 38.5 Å². The van der Waals surface area contributed by atoms with Crippen molar-refractivity contribution in [1.29, 1.82) is 0 Å². The molecule has 0 spiro atoms. The Balaban J connectivity index is 1.92. The summed E-state index contributed by atoms with van der Waals surface area (Å²) >= 11 is 6.47. The molecule has 3 rings (SSSR count). The first kappa shape index (κ1) is 15.1. The molecule has 0 radical (unpaired) electrons. The number of ether oxygens (including phenoxy) is 1. The zero-order chi connectivity index (χ0) is 14.8. The lowest BCUT2D eigenvalue weighted by molar-refractivity contribution is 0.133. The molecule has 1 aliphatic carbocycles. The molecule has 1 aromatic carbocycles. The molecule has 4 heteroatoms. The predicted molar refractivity (Wildman–Crippen MR) is 86.9 cm³/mol. The number of halogens is 1. The van der Waals surface area contributed by atoms with E-state index < -0.39 is 0 Å². The maximum absolute atomic E-state index is 6.47. The SMILES string of the molecule is COc1cccc(Cl)c1C(CN)N1CCC2CCCCC21. The molecular weight excluding hydrogens is 284 g/mol. The molecule has 0 aromatic heterocycles. The molecule has 2 aliphatic rings. The molecule has 1 saturated heterocycles. The van der Waals surface area contributed by atoms with Crippen molar-refractivity contribution in [2.24, 2.45) is 11.7 Å². The van der Waals surface area contributed by atoms with Crippen LogP contribution in [-0.2, 0) is 0 Å². The van der Waals surface area contributed by atoms with Crippen LogP contribution in [0.5, 0.6) is 5.75 Å². The van der Waals surface area contributed by atoms with Gasteiger partial charge < -0.3 is 10.5 Å². The molecule has 1 aromatic rings. The quantitative estimate of drug-likeness (QED) is 0.923. The van der Waals surface area contributed by atoms with E-state index in [2.05, 4.69) is 4.90 Å². The van der Waals surface area contributed by atoms with E-state index in [0.29, 0.717) is 12.6 Å². The van der Waals surface area contributed by atoms with Gasteiger partial charge in [-0.25, -0.2) is 0 Å². The smallest absolute Gasteiger partial charge is 0.125 e. The van der Waals surface area contributed by atoms with Crippen molar-refractivity contribution in [2.45, 2.75) is 44.2 Å². The Morgan fingerprint density at radius 1 is 1.33 bits per heavy atom. The van der Waals surface area contributed by atoms with Gasteiger partial charge in [-0.05, 0) is 43.9 Å². The second-order valence-corrected chi connectivity index (χ2v) is 6.65. The van der Waals surface area contributed by atoms with Crippen molar-refractivity contribution >= 4 is 11.6 Å². The highest BCUT2D eigenvalue weighted by Crippen LogP contribution is 2.43. The van der Waals surface area contributed by atoms with Crippen LogP contribution in [0.1, 0.15) is 43.7 Å². The monoisotopic (exact) mass is 308 g/mol. The minimum Gasteiger partial charge on any atom is -0.496 e. The van der Waals surface area contributed by atoms with Gasteiger partial charge in [-0.15, -0.1) is 0 Å². The summed E-state index contributed by atoms with van der Waals surface area (Å²) in [4.78, 5) is 2.59. The molecule has 3 unspecified atom stereocenters. The molecule has 0 amide bonds. The Labute approximate surface area is 132 Å². The summed E-state index contributed by atoms with van der Waals surface area (Å²) in [6.45, 7) is 1.72. The molecule has 3 nitrogen and oxygen atoms in total. The Kier molecular flexibility index (Phi) is 4.72. The van der Waals surface area contributed by atoms with Gasteiger partial charge in [-0.3, -0.25) is 4.90 Å². The maximum Gasteiger partial charge on any atom is 0.125 e. The highest BCUT2D eigenvalue weighted by molar-refractivity contribution is 6.31. The van der Waals surface area contributed by atoms with Crippen LogP contribution >= 0.6 is 11.6 Å². The van der Waals surface area contributed by atoms with Gasteiger partial charge in [-0.1, -0.05) is 30.5 Å². The first-order chi connectivity index (χ1) is 10.3. The van der Waals surface area contributed by atoms with Crippen molar-refractivity contribution in [1.82, 2.24) is 4.90 Å². The van der Waals surface area contributed by atoms with Gasteiger partial charge >= 0.3 is 0 Å². The van der Waals surface area contributed by atoms with E-state index in [1.54, 1.807) is 7.11 Å². The molecule has 1 heterocycles. The highest BCUT2D eigenvalue weighted by atomic mass is 35.5. The van der Waals surface area contributed by atoms with Gasteiger partial charge in [0.05, 0.1) is 13.2 Å². The zero-order valence-electron chi connectivity index (χ0n) is 12.7. The normalized spacial score (nSPS) is 27.4. The Morgan fingerprint density at radius 3 is 2.90 bits per heavy atom. The number of likely N-dealkylation sites (tertiary alicyclic amines) is 1. The number of hydrogen-bond acceptors (Lipinski definition) is 3. The second kappa shape index (κ2) is 6.55. The lowest BCUT2D eigenvalue weighted by atomic mass is 9.84. The molecule has 1 aliphatic heterocycles. The van der Waals surface area contributed by atoms with E-state index >= 15 is 0 Å². The fraction of sp³-hybridized carbons (Fsp3) is 0.647. The first-order valence-electron chi connectivity index (χ1n) is 8.04. The van der Waals surface area contributed by atoms with Gasteiger partial charge in [0, 0.05) is 23.2 Å². The number of hydrogen-bond donors (Lipinski definition) is 1. The molecular formula is C17H25ClN2O. The third-order valence-corrected chi connectivity index (χ3v) is 5.57. The van der Waals surface area contributed by atoms with Gasteiger partial charge in [0.1, 0.15) is 5.75 Å². The Bertz CT molecular complexity index is 494. The summed E-state index contributed by atoms with van der Waals surface area (Å²) in [6, 6.07) is 6.70. The number of nitrogens with zero attached hydrogens (tertiary/aromatic N) is 1. The zero-order valence-corrected chi connectivity index (χ0v) is 13.5. The third kappa shape index (κ3) is 2.79. The van der Waals surface area contributed by atoms with Crippen LogP contribution in [0.3, 0.4) is 0 Å². The summed E-state index contributed by atoms with van der Waals surface area (Å²) in [5.41, 5.74) is 7.21.